The zero-order chi connectivity index (χ0) is 17.0. The molecule has 5 nitrogen and oxygen atoms in total. The van der Waals surface area contributed by atoms with Crippen LogP contribution in [0.4, 0.5) is 18.9 Å². The fourth-order valence-electron chi connectivity index (χ4n) is 2.48. The van der Waals surface area contributed by atoms with Gasteiger partial charge in [-0.1, -0.05) is 12.1 Å². The lowest BCUT2D eigenvalue weighted by molar-refractivity contribution is -0.137. The minimum atomic E-state index is -4.49. The lowest BCUT2D eigenvalue weighted by Gasteiger charge is -2.25. The minimum Gasteiger partial charge on any atom is -0.398 e. The molecule has 23 heavy (non-hydrogen) atoms. The van der Waals surface area contributed by atoms with E-state index >= 15 is 0 Å². The Morgan fingerprint density at radius 1 is 1.48 bits per heavy atom. The van der Waals surface area contributed by atoms with Crippen molar-refractivity contribution in [2.45, 2.75) is 18.8 Å². The summed E-state index contributed by atoms with van der Waals surface area (Å²) in [6.45, 7) is 1.88. The number of hydrogen-bond donors (Lipinski definition) is 2. The molecule has 0 radical (unpaired) electrons. The maximum Gasteiger partial charge on any atom is 0.418 e. The predicted octanol–water partition coefficient (Wildman–Crippen LogP) is 1.28. The summed E-state index contributed by atoms with van der Waals surface area (Å²) >= 11 is 0. The molecule has 1 atom stereocenters. The lowest BCUT2D eigenvalue weighted by Crippen LogP contribution is -2.46. The van der Waals surface area contributed by atoms with E-state index in [0.717, 1.165) is 6.07 Å². The van der Waals surface area contributed by atoms with E-state index < -0.39 is 17.8 Å². The number of alkyl halides is 3. The summed E-state index contributed by atoms with van der Waals surface area (Å²) in [6.07, 6.45) is -5.00. The zero-order valence-corrected chi connectivity index (χ0v) is 12.8. The van der Waals surface area contributed by atoms with Gasteiger partial charge in [-0.15, -0.1) is 0 Å². The summed E-state index contributed by atoms with van der Waals surface area (Å²) in [5, 5.41) is 3.06. The monoisotopic (exact) mass is 331 g/mol. The SMILES string of the molecule is CN(CC(=O)C1CNCCO1)Cc1cccc(C(F)(F)F)c1N. The Hall–Kier alpha value is -1.64. The van der Waals surface area contributed by atoms with Gasteiger partial charge in [0.25, 0.3) is 0 Å². The van der Waals surface area contributed by atoms with Gasteiger partial charge in [-0.3, -0.25) is 9.69 Å². The molecule has 2 rings (SSSR count). The molecule has 0 bridgehead atoms. The van der Waals surface area contributed by atoms with Gasteiger partial charge >= 0.3 is 6.18 Å². The summed E-state index contributed by atoms with van der Waals surface area (Å²) in [5.74, 6) is -0.106. The standard InChI is InChI=1S/C15H20F3N3O2/c1-21(9-12(22)13-7-20-5-6-23-13)8-10-3-2-4-11(14(10)19)15(16,17)18/h2-4,13,20H,5-9,19H2,1H3. The van der Waals surface area contributed by atoms with E-state index in [0.29, 0.717) is 25.3 Å². The van der Waals surface area contributed by atoms with Gasteiger partial charge in [0, 0.05) is 25.3 Å². The number of nitrogens with one attached hydrogen (secondary N) is 1. The smallest absolute Gasteiger partial charge is 0.398 e. The number of carbonyl (C=O) groups excluding carboxylic acids is 1. The van der Waals surface area contributed by atoms with E-state index in [1.165, 1.54) is 12.1 Å². The first kappa shape index (κ1) is 17.7. The van der Waals surface area contributed by atoms with Gasteiger partial charge in [0.1, 0.15) is 6.10 Å². The number of nitrogens with zero attached hydrogens (tertiary/aromatic N) is 1. The first-order valence-electron chi connectivity index (χ1n) is 7.27. The zero-order valence-electron chi connectivity index (χ0n) is 12.8. The van der Waals surface area contributed by atoms with Crippen molar-refractivity contribution in [3.63, 3.8) is 0 Å². The number of nitrogens with two attached hydrogens (primary N) is 1. The summed E-state index contributed by atoms with van der Waals surface area (Å²) in [7, 11) is 1.66. The van der Waals surface area contributed by atoms with Crippen LogP contribution in [0.15, 0.2) is 18.2 Å². The molecule has 8 heteroatoms. The number of carbonyl (C=O) groups is 1. The van der Waals surface area contributed by atoms with Crippen LogP contribution < -0.4 is 11.1 Å². The molecule has 1 aliphatic rings. The number of Topliss-reactive ketones (excluding diaryl/α,β-unsaturated/α-hetero) is 1. The number of benzene rings is 1. The Balaban J connectivity index is 2.00. The van der Waals surface area contributed by atoms with Crippen LogP contribution >= 0.6 is 0 Å². The fraction of sp³-hybridized carbons (Fsp3) is 0.533. The van der Waals surface area contributed by atoms with Crippen LogP contribution in [0.2, 0.25) is 0 Å². The van der Waals surface area contributed by atoms with Crippen molar-refractivity contribution in [3.8, 4) is 0 Å². The first-order chi connectivity index (χ1) is 10.8. The van der Waals surface area contributed by atoms with Crippen molar-refractivity contribution >= 4 is 11.5 Å². The van der Waals surface area contributed by atoms with E-state index in [1.807, 2.05) is 0 Å². The average molecular weight is 331 g/mol. The third-order valence-corrected chi connectivity index (χ3v) is 3.65. The molecule has 128 valence electrons. The number of halogens is 3. The molecule has 1 heterocycles. The Bertz CT molecular complexity index is 557. The maximum absolute atomic E-state index is 12.8. The second-order valence-electron chi connectivity index (χ2n) is 5.58. The van der Waals surface area contributed by atoms with Gasteiger partial charge in [-0.25, -0.2) is 0 Å². The third-order valence-electron chi connectivity index (χ3n) is 3.65. The topological polar surface area (TPSA) is 67.6 Å². The van der Waals surface area contributed by atoms with Gasteiger partial charge in [-0.05, 0) is 18.7 Å². The lowest BCUT2D eigenvalue weighted by atomic mass is 10.1. The first-order valence-corrected chi connectivity index (χ1v) is 7.27. The quantitative estimate of drug-likeness (QED) is 0.796. The maximum atomic E-state index is 12.8. The average Bonchev–Trinajstić information content (AvgIpc) is 2.49. The van der Waals surface area contributed by atoms with Gasteiger partial charge < -0.3 is 15.8 Å². The van der Waals surface area contributed by atoms with Gasteiger partial charge in [0.05, 0.1) is 18.7 Å². The fourth-order valence-corrected chi connectivity index (χ4v) is 2.48. The summed E-state index contributed by atoms with van der Waals surface area (Å²) in [5.41, 5.74) is 4.82. The van der Waals surface area contributed by atoms with E-state index in [2.05, 4.69) is 5.32 Å². The summed E-state index contributed by atoms with van der Waals surface area (Å²) in [4.78, 5) is 13.7. The van der Waals surface area contributed by atoms with E-state index in [4.69, 9.17) is 10.5 Å². The third kappa shape index (κ3) is 4.66. The van der Waals surface area contributed by atoms with Crippen LogP contribution in [0.3, 0.4) is 0 Å². The molecule has 0 spiro atoms. The van der Waals surface area contributed by atoms with Crippen molar-refractivity contribution in [1.29, 1.82) is 0 Å². The minimum absolute atomic E-state index is 0.0853. The number of ether oxygens (including phenoxy) is 1. The highest BCUT2D eigenvalue weighted by Gasteiger charge is 2.33. The second-order valence-corrected chi connectivity index (χ2v) is 5.58. The molecule has 0 saturated carbocycles. The Kier molecular flexibility index (Phi) is 5.61. The normalized spacial score (nSPS) is 19.1. The van der Waals surface area contributed by atoms with Crippen molar-refractivity contribution in [3.05, 3.63) is 29.3 Å². The Morgan fingerprint density at radius 2 is 2.22 bits per heavy atom. The Labute approximate surface area is 132 Å². The molecule has 0 aliphatic carbocycles. The summed E-state index contributed by atoms with van der Waals surface area (Å²) in [6, 6.07) is 3.80. The number of morpholine rings is 1. The van der Waals surface area contributed by atoms with Crippen LogP contribution in [0.1, 0.15) is 11.1 Å². The van der Waals surface area contributed by atoms with Crippen molar-refractivity contribution < 1.29 is 22.7 Å². The molecule has 3 N–H and O–H groups in total. The molecule has 1 aliphatic heterocycles. The van der Waals surface area contributed by atoms with E-state index in [-0.39, 0.29) is 24.6 Å². The molecule has 1 unspecified atom stereocenters. The highest BCUT2D eigenvalue weighted by atomic mass is 19.4. The molecule has 1 saturated heterocycles. The highest BCUT2D eigenvalue weighted by molar-refractivity contribution is 5.85. The van der Waals surface area contributed by atoms with Crippen LogP contribution in [0, 0.1) is 0 Å². The van der Waals surface area contributed by atoms with Gasteiger partial charge in [0.2, 0.25) is 0 Å². The number of rotatable bonds is 5. The van der Waals surface area contributed by atoms with Crippen molar-refractivity contribution in [1.82, 2.24) is 10.2 Å². The van der Waals surface area contributed by atoms with Crippen LogP contribution in [0.5, 0.6) is 0 Å². The number of hydrogen-bond acceptors (Lipinski definition) is 5. The van der Waals surface area contributed by atoms with Crippen LogP contribution in [-0.2, 0) is 22.3 Å². The second kappa shape index (κ2) is 7.29. The molecule has 1 aromatic carbocycles. The van der Waals surface area contributed by atoms with Crippen LogP contribution in [-0.4, -0.2) is 50.1 Å². The van der Waals surface area contributed by atoms with E-state index in [9.17, 15) is 18.0 Å². The molecule has 1 aromatic rings. The van der Waals surface area contributed by atoms with Crippen molar-refractivity contribution in [2.75, 3.05) is 39.0 Å². The van der Waals surface area contributed by atoms with Gasteiger partial charge in [-0.2, -0.15) is 13.2 Å². The highest BCUT2D eigenvalue weighted by Crippen LogP contribution is 2.35. The van der Waals surface area contributed by atoms with E-state index in [1.54, 1.807) is 11.9 Å². The van der Waals surface area contributed by atoms with Gasteiger partial charge in [0.15, 0.2) is 5.78 Å². The summed E-state index contributed by atoms with van der Waals surface area (Å²) < 4.78 is 43.9. The largest absolute Gasteiger partial charge is 0.418 e. The van der Waals surface area contributed by atoms with Crippen molar-refractivity contribution in [2.24, 2.45) is 0 Å². The number of anilines is 1. The molecule has 1 fully saturated rings. The molecular weight excluding hydrogens is 311 g/mol. The predicted molar refractivity (Wildman–Crippen MR) is 79.8 cm³/mol. The molecule has 0 amide bonds. The molecule has 0 aromatic heterocycles. The number of ketones is 1. The Morgan fingerprint density at radius 3 is 2.83 bits per heavy atom. The number of likely N-dealkylation sites (N-methyl/N-ethyl adjacent to an activating group) is 1. The number of para-hydroxylation sites is 1. The van der Waals surface area contributed by atoms with Crippen LogP contribution in [0.25, 0.3) is 0 Å². The molecular formula is C15H20F3N3O2. The number of nitrogen functional groups attached to an aromatic ring is 1.